The number of amides is 1. The molecule has 1 aliphatic heterocycles. The molecule has 0 saturated carbocycles. The van der Waals surface area contributed by atoms with Gasteiger partial charge in [0.25, 0.3) is 0 Å². The SMILES string of the molecule is CN(CC(=O)N1CCC[C@@H](c2ncc(Cc3cccc(Cl)c3)o2)C1)Cc1ccccc1F. The molecule has 1 atom stereocenters. The van der Waals surface area contributed by atoms with Gasteiger partial charge in [-0.25, -0.2) is 9.37 Å². The number of hydrogen-bond donors (Lipinski definition) is 0. The topological polar surface area (TPSA) is 49.6 Å². The zero-order valence-electron chi connectivity index (χ0n) is 18.1. The van der Waals surface area contributed by atoms with Gasteiger partial charge >= 0.3 is 0 Å². The standard InChI is InChI=1S/C25H27ClFN3O2/c1-29(15-19-7-2-3-10-23(19)27)17-24(31)30-11-5-8-20(16-30)25-28-14-22(32-25)13-18-6-4-9-21(26)12-18/h2-4,6-7,9-10,12,14,20H,5,8,11,13,15-17H2,1H3/t20-/m1/s1. The molecule has 1 fully saturated rings. The Hall–Kier alpha value is -2.70. The normalized spacial score (nSPS) is 16.5. The predicted octanol–water partition coefficient (Wildman–Crippen LogP) is 4.90. The van der Waals surface area contributed by atoms with Crippen LogP contribution in [0.5, 0.6) is 0 Å². The van der Waals surface area contributed by atoms with Gasteiger partial charge in [0.2, 0.25) is 5.91 Å². The number of piperidine rings is 1. The lowest BCUT2D eigenvalue weighted by Crippen LogP contribution is -2.43. The van der Waals surface area contributed by atoms with Gasteiger partial charge in [0.1, 0.15) is 11.6 Å². The van der Waals surface area contributed by atoms with E-state index in [4.69, 9.17) is 16.0 Å². The minimum atomic E-state index is -0.248. The van der Waals surface area contributed by atoms with E-state index >= 15 is 0 Å². The zero-order chi connectivity index (χ0) is 22.5. The second-order valence-corrected chi connectivity index (χ2v) is 8.85. The van der Waals surface area contributed by atoms with Crippen LogP contribution in [0.25, 0.3) is 0 Å². The van der Waals surface area contributed by atoms with E-state index in [9.17, 15) is 9.18 Å². The number of halogens is 2. The third-order valence-electron chi connectivity index (χ3n) is 5.77. The fourth-order valence-electron chi connectivity index (χ4n) is 4.15. The maximum atomic E-state index is 13.9. The number of aromatic nitrogens is 1. The lowest BCUT2D eigenvalue weighted by molar-refractivity contribution is -0.133. The third-order valence-corrected chi connectivity index (χ3v) is 6.00. The van der Waals surface area contributed by atoms with Gasteiger partial charge in [-0.2, -0.15) is 0 Å². The maximum absolute atomic E-state index is 13.9. The lowest BCUT2D eigenvalue weighted by atomic mass is 9.98. The minimum Gasteiger partial charge on any atom is -0.445 e. The van der Waals surface area contributed by atoms with Crippen molar-refractivity contribution >= 4 is 17.5 Å². The van der Waals surface area contributed by atoms with E-state index < -0.39 is 0 Å². The molecule has 0 aliphatic carbocycles. The van der Waals surface area contributed by atoms with Crippen molar-refractivity contribution in [2.24, 2.45) is 0 Å². The third kappa shape index (κ3) is 5.75. The van der Waals surface area contributed by atoms with Crippen LogP contribution >= 0.6 is 11.6 Å². The summed E-state index contributed by atoms with van der Waals surface area (Å²) in [6.45, 7) is 1.94. The van der Waals surface area contributed by atoms with Crippen molar-refractivity contribution in [1.29, 1.82) is 0 Å². The van der Waals surface area contributed by atoms with Crippen LogP contribution in [-0.2, 0) is 17.8 Å². The van der Waals surface area contributed by atoms with Crippen molar-refractivity contribution in [3.8, 4) is 0 Å². The van der Waals surface area contributed by atoms with Crippen molar-refractivity contribution in [2.45, 2.75) is 31.7 Å². The highest BCUT2D eigenvalue weighted by atomic mass is 35.5. The minimum absolute atomic E-state index is 0.0410. The van der Waals surface area contributed by atoms with E-state index in [1.54, 1.807) is 24.4 Å². The summed E-state index contributed by atoms with van der Waals surface area (Å²) < 4.78 is 19.9. The average molecular weight is 456 g/mol. The number of hydrogen-bond acceptors (Lipinski definition) is 4. The number of likely N-dealkylation sites (N-methyl/N-ethyl adjacent to an activating group) is 1. The summed E-state index contributed by atoms with van der Waals surface area (Å²) in [7, 11) is 1.84. The number of carbonyl (C=O) groups is 1. The first-order chi connectivity index (χ1) is 15.5. The van der Waals surface area contributed by atoms with E-state index in [2.05, 4.69) is 4.98 Å². The summed E-state index contributed by atoms with van der Waals surface area (Å²) in [5, 5.41) is 0.698. The molecule has 1 saturated heterocycles. The Labute approximate surface area is 192 Å². The molecule has 0 N–H and O–H groups in total. The number of likely N-dealkylation sites (tertiary alicyclic amines) is 1. The average Bonchev–Trinajstić information content (AvgIpc) is 3.24. The second kappa shape index (κ2) is 10.3. The summed E-state index contributed by atoms with van der Waals surface area (Å²) >= 11 is 6.07. The van der Waals surface area contributed by atoms with E-state index in [1.165, 1.54) is 6.07 Å². The van der Waals surface area contributed by atoms with Crippen LogP contribution in [0.15, 0.2) is 59.1 Å². The molecule has 168 valence electrons. The van der Waals surface area contributed by atoms with Crippen molar-refractivity contribution < 1.29 is 13.6 Å². The predicted molar refractivity (Wildman–Crippen MR) is 122 cm³/mol. The molecule has 1 amide bonds. The molecule has 7 heteroatoms. The summed E-state index contributed by atoms with van der Waals surface area (Å²) in [5.74, 6) is 1.34. The molecule has 0 unspecified atom stereocenters. The lowest BCUT2D eigenvalue weighted by Gasteiger charge is -2.32. The molecular weight excluding hydrogens is 429 g/mol. The monoisotopic (exact) mass is 455 g/mol. The summed E-state index contributed by atoms with van der Waals surface area (Å²) in [6, 6.07) is 14.4. The number of benzene rings is 2. The number of nitrogens with zero attached hydrogens (tertiary/aromatic N) is 3. The Bertz CT molecular complexity index is 1070. The second-order valence-electron chi connectivity index (χ2n) is 8.41. The highest BCUT2D eigenvalue weighted by molar-refractivity contribution is 6.30. The molecule has 3 aromatic rings. The van der Waals surface area contributed by atoms with Crippen LogP contribution in [0.1, 0.15) is 41.5 Å². The largest absolute Gasteiger partial charge is 0.445 e. The van der Waals surface area contributed by atoms with Gasteiger partial charge in [-0.3, -0.25) is 9.69 Å². The van der Waals surface area contributed by atoms with E-state index in [-0.39, 0.29) is 24.2 Å². The Morgan fingerprint density at radius 3 is 2.94 bits per heavy atom. The van der Waals surface area contributed by atoms with Gasteiger partial charge in [-0.05, 0) is 43.7 Å². The Balaban J connectivity index is 1.33. The number of rotatable bonds is 7. The molecule has 1 aliphatic rings. The van der Waals surface area contributed by atoms with Crippen molar-refractivity contribution in [3.63, 3.8) is 0 Å². The van der Waals surface area contributed by atoms with Crippen LogP contribution < -0.4 is 0 Å². The van der Waals surface area contributed by atoms with Gasteiger partial charge < -0.3 is 9.32 Å². The molecule has 0 radical (unpaired) electrons. The fourth-order valence-corrected chi connectivity index (χ4v) is 4.36. The van der Waals surface area contributed by atoms with E-state index in [0.717, 1.165) is 30.7 Å². The molecule has 2 heterocycles. The van der Waals surface area contributed by atoms with Crippen LogP contribution in [-0.4, -0.2) is 47.4 Å². The first kappa shape index (κ1) is 22.5. The van der Waals surface area contributed by atoms with E-state index in [0.29, 0.717) is 36.0 Å². The van der Waals surface area contributed by atoms with Gasteiger partial charge in [-0.15, -0.1) is 0 Å². The van der Waals surface area contributed by atoms with Gasteiger partial charge in [0, 0.05) is 36.6 Å². The van der Waals surface area contributed by atoms with Crippen molar-refractivity contribution in [2.75, 3.05) is 26.7 Å². The molecule has 4 rings (SSSR count). The van der Waals surface area contributed by atoms with Gasteiger partial charge in [0.05, 0.1) is 18.7 Å². The molecule has 0 spiro atoms. The summed E-state index contributed by atoms with van der Waals surface area (Å²) in [5.41, 5.74) is 1.66. The summed E-state index contributed by atoms with van der Waals surface area (Å²) in [4.78, 5) is 21.1. The van der Waals surface area contributed by atoms with Crippen LogP contribution in [0, 0.1) is 5.82 Å². The van der Waals surface area contributed by atoms with Gasteiger partial charge in [0.15, 0.2) is 5.89 Å². The van der Waals surface area contributed by atoms with Crippen molar-refractivity contribution in [3.05, 3.63) is 88.3 Å². The zero-order valence-corrected chi connectivity index (χ0v) is 18.9. The first-order valence-corrected chi connectivity index (χ1v) is 11.2. The van der Waals surface area contributed by atoms with Crippen LogP contribution in [0.3, 0.4) is 0 Å². The number of oxazole rings is 1. The first-order valence-electron chi connectivity index (χ1n) is 10.9. The van der Waals surface area contributed by atoms with Crippen LogP contribution in [0.4, 0.5) is 4.39 Å². The fraction of sp³-hybridized carbons (Fsp3) is 0.360. The number of carbonyl (C=O) groups excluding carboxylic acids is 1. The maximum Gasteiger partial charge on any atom is 0.236 e. The molecular formula is C25H27ClFN3O2. The highest BCUT2D eigenvalue weighted by Gasteiger charge is 2.28. The molecule has 0 bridgehead atoms. The van der Waals surface area contributed by atoms with Crippen LogP contribution in [0.2, 0.25) is 5.02 Å². The molecule has 1 aromatic heterocycles. The van der Waals surface area contributed by atoms with E-state index in [1.807, 2.05) is 41.1 Å². The van der Waals surface area contributed by atoms with Crippen molar-refractivity contribution in [1.82, 2.24) is 14.8 Å². The Morgan fingerprint density at radius 1 is 1.28 bits per heavy atom. The molecule has 32 heavy (non-hydrogen) atoms. The summed E-state index contributed by atoms with van der Waals surface area (Å²) in [6.07, 6.45) is 4.23. The quantitative estimate of drug-likeness (QED) is 0.508. The Kier molecular flexibility index (Phi) is 7.22. The smallest absolute Gasteiger partial charge is 0.236 e. The van der Waals surface area contributed by atoms with Gasteiger partial charge in [-0.1, -0.05) is 41.9 Å². The highest BCUT2D eigenvalue weighted by Crippen LogP contribution is 2.27. The Morgan fingerprint density at radius 2 is 2.12 bits per heavy atom. The molecule has 5 nitrogen and oxygen atoms in total. The molecule has 2 aromatic carbocycles.